The van der Waals surface area contributed by atoms with Crippen LogP contribution in [0.25, 0.3) is 0 Å². The number of hydrogen-bond donors (Lipinski definition) is 2. The van der Waals surface area contributed by atoms with Crippen molar-refractivity contribution < 1.29 is 23.8 Å². The van der Waals surface area contributed by atoms with Gasteiger partial charge in [-0.2, -0.15) is 0 Å². The first-order valence-corrected chi connectivity index (χ1v) is 4.00. The van der Waals surface area contributed by atoms with Crippen molar-refractivity contribution in [3.8, 4) is 0 Å². The molecule has 0 saturated carbocycles. The first kappa shape index (κ1) is 10.8. The van der Waals surface area contributed by atoms with Crippen molar-refractivity contribution in [3.63, 3.8) is 0 Å². The lowest BCUT2D eigenvalue weighted by molar-refractivity contribution is 0.0664. The molecule has 0 unspecified atom stereocenters. The predicted octanol–water partition coefficient (Wildman–Crippen LogP) is 1.71. The summed E-state index contributed by atoms with van der Waals surface area (Å²) in [5.74, 6) is -1.61. The van der Waals surface area contributed by atoms with E-state index in [4.69, 9.17) is 5.11 Å². The summed E-state index contributed by atoms with van der Waals surface area (Å²) in [6.07, 6.45) is 1.79. The van der Waals surface area contributed by atoms with Crippen LogP contribution in [0.5, 0.6) is 0 Å². The molecule has 1 aromatic rings. The normalized spacial score (nSPS) is 9.33. The van der Waals surface area contributed by atoms with E-state index in [2.05, 4.69) is 21.0 Å². The SMILES string of the molecule is C=CCOC(=O)Nc1ccoc1C(=O)O. The molecular weight excluding hydrogens is 202 g/mol. The fraction of sp³-hybridized carbons (Fsp3) is 0.111. The minimum Gasteiger partial charge on any atom is -0.475 e. The molecule has 6 nitrogen and oxygen atoms in total. The van der Waals surface area contributed by atoms with E-state index in [9.17, 15) is 9.59 Å². The van der Waals surface area contributed by atoms with E-state index < -0.39 is 12.1 Å². The molecule has 0 aliphatic carbocycles. The lowest BCUT2D eigenvalue weighted by Gasteiger charge is -2.02. The van der Waals surface area contributed by atoms with Crippen LogP contribution in [0, 0.1) is 0 Å². The summed E-state index contributed by atoms with van der Waals surface area (Å²) in [6, 6.07) is 1.32. The van der Waals surface area contributed by atoms with E-state index in [1.807, 2.05) is 0 Å². The zero-order chi connectivity index (χ0) is 11.3. The van der Waals surface area contributed by atoms with Gasteiger partial charge in [0.1, 0.15) is 6.61 Å². The predicted molar refractivity (Wildman–Crippen MR) is 50.8 cm³/mol. The van der Waals surface area contributed by atoms with Gasteiger partial charge in [0.05, 0.1) is 12.0 Å². The lowest BCUT2D eigenvalue weighted by Crippen LogP contribution is -2.15. The summed E-state index contributed by atoms with van der Waals surface area (Å²) < 4.78 is 9.24. The smallest absolute Gasteiger partial charge is 0.412 e. The first-order valence-electron chi connectivity index (χ1n) is 4.00. The Balaban J connectivity index is 2.64. The molecule has 0 bridgehead atoms. The molecule has 0 fully saturated rings. The number of carboxylic acids is 1. The van der Waals surface area contributed by atoms with Crippen molar-refractivity contribution in [3.05, 3.63) is 30.7 Å². The number of rotatable bonds is 4. The second-order valence-electron chi connectivity index (χ2n) is 2.48. The maximum atomic E-state index is 11.0. The third-order valence-corrected chi connectivity index (χ3v) is 1.43. The number of carbonyl (C=O) groups excluding carboxylic acids is 1. The highest BCUT2D eigenvalue weighted by Crippen LogP contribution is 2.16. The standard InChI is InChI=1S/C9H9NO5/c1-2-4-15-9(13)10-6-3-5-14-7(6)8(11)12/h2-3,5H,1,4H2,(H,10,13)(H,11,12). The van der Waals surface area contributed by atoms with E-state index >= 15 is 0 Å². The summed E-state index contributed by atoms with van der Waals surface area (Å²) >= 11 is 0. The van der Waals surface area contributed by atoms with Gasteiger partial charge < -0.3 is 14.3 Å². The van der Waals surface area contributed by atoms with Gasteiger partial charge in [-0.15, -0.1) is 0 Å². The fourth-order valence-electron chi connectivity index (χ4n) is 0.854. The van der Waals surface area contributed by atoms with Crippen LogP contribution in [0.4, 0.5) is 10.5 Å². The minimum absolute atomic E-state index is 0.0477. The zero-order valence-corrected chi connectivity index (χ0v) is 7.73. The Hall–Kier alpha value is -2.24. The van der Waals surface area contributed by atoms with Crippen molar-refractivity contribution in [1.29, 1.82) is 0 Å². The Morgan fingerprint density at radius 1 is 1.67 bits per heavy atom. The number of furan rings is 1. The Morgan fingerprint density at radius 2 is 2.40 bits per heavy atom. The summed E-state index contributed by atoms with van der Waals surface area (Å²) in [6.45, 7) is 3.41. The van der Waals surface area contributed by atoms with Gasteiger partial charge in [0.25, 0.3) is 0 Å². The Kier molecular flexibility index (Phi) is 3.50. The van der Waals surface area contributed by atoms with Gasteiger partial charge in [-0.05, 0) is 0 Å². The van der Waals surface area contributed by atoms with Crippen molar-refractivity contribution in [2.45, 2.75) is 0 Å². The Bertz CT molecular complexity index is 382. The van der Waals surface area contributed by atoms with E-state index in [0.717, 1.165) is 6.26 Å². The number of aromatic carboxylic acids is 1. The van der Waals surface area contributed by atoms with Crippen LogP contribution in [0.3, 0.4) is 0 Å². The third kappa shape index (κ3) is 2.87. The largest absolute Gasteiger partial charge is 0.475 e. The molecule has 1 amide bonds. The van der Waals surface area contributed by atoms with Crippen LogP contribution < -0.4 is 5.32 Å². The quantitative estimate of drug-likeness (QED) is 0.740. The van der Waals surface area contributed by atoms with E-state index in [-0.39, 0.29) is 18.1 Å². The van der Waals surface area contributed by atoms with Gasteiger partial charge in [0.2, 0.25) is 5.76 Å². The van der Waals surface area contributed by atoms with Gasteiger partial charge in [-0.25, -0.2) is 9.59 Å². The highest BCUT2D eigenvalue weighted by Gasteiger charge is 2.16. The van der Waals surface area contributed by atoms with Crippen LogP contribution in [0.1, 0.15) is 10.6 Å². The molecule has 1 rings (SSSR count). The molecule has 2 N–H and O–H groups in total. The fourth-order valence-corrected chi connectivity index (χ4v) is 0.854. The summed E-state index contributed by atoms with van der Waals surface area (Å²) in [5, 5.41) is 10.9. The maximum Gasteiger partial charge on any atom is 0.412 e. The number of carbonyl (C=O) groups is 2. The molecule has 0 radical (unpaired) electrons. The third-order valence-electron chi connectivity index (χ3n) is 1.43. The number of hydrogen-bond acceptors (Lipinski definition) is 4. The van der Waals surface area contributed by atoms with Crippen LogP contribution >= 0.6 is 0 Å². The van der Waals surface area contributed by atoms with Crippen molar-refractivity contribution in [1.82, 2.24) is 0 Å². The molecule has 80 valence electrons. The zero-order valence-electron chi connectivity index (χ0n) is 7.73. The molecule has 0 aromatic carbocycles. The van der Waals surface area contributed by atoms with Gasteiger partial charge in [0.15, 0.2) is 0 Å². The van der Waals surface area contributed by atoms with Crippen LogP contribution in [-0.4, -0.2) is 23.8 Å². The average molecular weight is 211 g/mol. The van der Waals surface area contributed by atoms with Crippen molar-refractivity contribution in [2.24, 2.45) is 0 Å². The Morgan fingerprint density at radius 3 is 3.00 bits per heavy atom. The second-order valence-corrected chi connectivity index (χ2v) is 2.48. The minimum atomic E-state index is -1.26. The second kappa shape index (κ2) is 4.85. The lowest BCUT2D eigenvalue weighted by atomic mass is 10.4. The molecule has 1 heterocycles. The molecule has 15 heavy (non-hydrogen) atoms. The molecule has 0 atom stereocenters. The monoisotopic (exact) mass is 211 g/mol. The highest BCUT2D eigenvalue weighted by atomic mass is 16.5. The molecule has 0 spiro atoms. The van der Waals surface area contributed by atoms with Crippen LogP contribution in [0.2, 0.25) is 0 Å². The summed E-state index contributed by atoms with van der Waals surface area (Å²) in [7, 11) is 0. The van der Waals surface area contributed by atoms with Gasteiger partial charge in [-0.3, -0.25) is 5.32 Å². The molecule has 0 saturated heterocycles. The first-order chi connectivity index (χ1) is 7.15. The van der Waals surface area contributed by atoms with Crippen LogP contribution in [-0.2, 0) is 4.74 Å². The van der Waals surface area contributed by atoms with Gasteiger partial charge in [-0.1, -0.05) is 12.7 Å². The number of anilines is 1. The number of ether oxygens (including phenoxy) is 1. The average Bonchev–Trinajstić information content (AvgIpc) is 2.62. The number of nitrogens with one attached hydrogen (secondary N) is 1. The molecule has 0 aliphatic heterocycles. The molecule has 0 aliphatic rings. The van der Waals surface area contributed by atoms with E-state index in [1.165, 1.54) is 12.1 Å². The molecule has 6 heteroatoms. The van der Waals surface area contributed by atoms with E-state index in [0.29, 0.717) is 0 Å². The van der Waals surface area contributed by atoms with Gasteiger partial charge >= 0.3 is 12.1 Å². The summed E-state index contributed by atoms with van der Waals surface area (Å²) in [5.41, 5.74) is 0.0524. The number of carboxylic acid groups (broad SMARTS) is 1. The van der Waals surface area contributed by atoms with Crippen molar-refractivity contribution >= 4 is 17.7 Å². The number of amides is 1. The maximum absolute atomic E-state index is 11.0. The molecule has 1 aromatic heterocycles. The molecular formula is C9H9NO5. The topological polar surface area (TPSA) is 88.8 Å². The van der Waals surface area contributed by atoms with Crippen molar-refractivity contribution in [2.75, 3.05) is 11.9 Å². The van der Waals surface area contributed by atoms with Gasteiger partial charge in [0, 0.05) is 6.07 Å². The Labute approximate surface area is 85.1 Å². The van der Waals surface area contributed by atoms with Crippen LogP contribution in [0.15, 0.2) is 29.4 Å². The summed E-state index contributed by atoms with van der Waals surface area (Å²) in [4.78, 5) is 21.6. The van der Waals surface area contributed by atoms with E-state index in [1.54, 1.807) is 0 Å². The highest BCUT2D eigenvalue weighted by molar-refractivity contribution is 5.96.